The van der Waals surface area contributed by atoms with Gasteiger partial charge in [-0.25, -0.2) is 27.5 Å². The minimum absolute atomic E-state index is 0.00951. The monoisotopic (exact) mass is 611 g/mol. The number of anilines is 2. The molecule has 220 valence electrons. The smallest absolute Gasteiger partial charge is 0.275 e. The molecular weight excluding hydrogens is 590 g/mol. The van der Waals surface area contributed by atoms with E-state index in [0.29, 0.717) is 17.7 Å². The first kappa shape index (κ1) is 28.5. The molecule has 6 rings (SSSR count). The van der Waals surface area contributed by atoms with Gasteiger partial charge in [0.15, 0.2) is 17.5 Å². The second kappa shape index (κ2) is 10.9. The highest BCUT2D eigenvalue weighted by molar-refractivity contribution is 6.31. The summed E-state index contributed by atoms with van der Waals surface area (Å²) in [7, 11) is 0. The number of nitrogens with one attached hydrogen (secondary N) is 1. The number of pyridine rings is 1. The van der Waals surface area contributed by atoms with Crippen LogP contribution in [-0.4, -0.2) is 43.1 Å². The minimum Gasteiger partial charge on any atom is -0.318 e. The molecule has 43 heavy (non-hydrogen) atoms. The van der Waals surface area contributed by atoms with Gasteiger partial charge in [0.05, 0.1) is 47.0 Å². The summed E-state index contributed by atoms with van der Waals surface area (Å²) in [6.07, 6.45) is 7.24. The zero-order chi connectivity index (χ0) is 30.6. The Labute approximate surface area is 247 Å². The summed E-state index contributed by atoms with van der Waals surface area (Å²) in [5.41, 5.74) is -0.675. The van der Waals surface area contributed by atoms with Gasteiger partial charge in [-0.3, -0.25) is 24.2 Å². The molecule has 0 unspecified atom stereocenters. The number of carbonyl (C=O) groups is 2. The summed E-state index contributed by atoms with van der Waals surface area (Å²) in [6.45, 7) is 3.75. The molecule has 1 aliphatic carbocycles. The highest BCUT2D eigenvalue weighted by Gasteiger charge is 2.44. The fraction of sp³-hybridized carbons (Fsp3) is 0.241. The SMILES string of the molecule is Cc1c([C@@H](C)n2cc(NC(=O)c3cncc(-c4c(C(F)F)ccc(Cl)c4F)n3)cn2)cnc(N2C[C@H]3C=C[C@H]3C2=O)c1F. The first-order chi connectivity index (χ1) is 20.5. The number of rotatable bonds is 7. The average Bonchev–Trinajstić information content (AvgIpc) is 3.52. The molecule has 0 radical (unpaired) electrons. The predicted molar refractivity (Wildman–Crippen MR) is 149 cm³/mol. The molecule has 4 aromatic rings. The average molecular weight is 612 g/mol. The Morgan fingerprint density at radius 3 is 2.56 bits per heavy atom. The fourth-order valence-electron chi connectivity index (χ4n) is 5.23. The maximum atomic E-state index is 15.4. The van der Waals surface area contributed by atoms with Gasteiger partial charge >= 0.3 is 0 Å². The largest absolute Gasteiger partial charge is 0.318 e. The third-order valence-corrected chi connectivity index (χ3v) is 8.00. The van der Waals surface area contributed by atoms with E-state index < -0.39 is 41.1 Å². The van der Waals surface area contributed by atoms with Crippen LogP contribution in [0.3, 0.4) is 0 Å². The zero-order valence-electron chi connectivity index (χ0n) is 22.6. The van der Waals surface area contributed by atoms with Gasteiger partial charge in [0.25, 0.3) is 12.3 Å². The van der Waals surface area contributed by atoms with Crippen molar-refractivity contribution in [2.75, 3.05) is 16.8 Å². The Morgan fingerprint density at radius 2 is 1.88 bits per heavy atom. The third kappa shape index (κ3) is 4.92. The topological polar surface area (TPSA) is 106 Å². The highest BCUT2D eigenvalue weighted by Crippen LogP contribution is 2.39. The van der Waals surface area contributed by atoms with E-state index in [1.54, 1.807) is 13.8 Å². The number of halogens is 5. The number of hydrogen-bond acceptors (Lipinski definition) is 6. The molecule has 1 N–H and O–H groups in total. The van der Waals surface area contributed by atoms with Crippen LogP contribution in [-0.2, 0) is 4.79 Å². The normalized spacial score (nSPS) is 18.1. The Bertz CT molecular complexity index is 1810. The lowest BCUT2D eigenvalue weighted by atomic mass is 9.85. The molecule has 1 saturated heterocycles. The molecule has 14 heteroatoms. The zero-order valence-corrected chi connectivity index (χ0v) is 23.4. The Kier molecular flexibility index (Phi) is 7.20. The number of alkyl halides is 2. The second-order valence-corrected chi connectivity index (χ2v) is 10.7. The quantitative estimate of drug-likeness (QED) is 0.205. The van der Waals surface area contributed by atoms with Crippen LogP contribution in [0.4, 0.5) is 29.1 Å². The van der Waals surface area contributed by atoms with Crippen molar-refractivity contribution in [1.29, 1.82) is 0 Å². The van der Waals surface area contributed by atoms with Crippen molar-refractivity contribution in [3.63, 3.8) is 0 Å². The summed E-state index contributed by atoms with van der Waals surface area (Å²) in [4.78, 5) is 39.1. The lowest BCUT2D eigenvalue weighted by Gasteiger charge is -2.20. The lowest BCUT2D eigenvalue weighted by molar-refractivity contribution is -0.119. The number of aromatic nitrogens is 5. The fourth-order valence-corrected chi connectivity index (χ4v) is 5.39. The third-order valence-electron chi connectivity index (χ3n) is 7.70. The summed E-state index contributed by atoms with van der Waals surface area (Å²) in [6, 6.07) is 1.49. The van der Waals surface area contributed by atoms with Gasteiger partial charge in [0.1, 0.15) is 5.69 Å². The van der Waals surface area contributed by atoms with E-state index >= 15 is 4.39 Å². The van der Waals surface area contributed by atoms with E-state index in [9.17, 15) is 22.8 Å². The summed E-state index contributed by atoms with van der Waals surface area (Å²) in [5, 5.41) is 6.47. The number of carbonyl (C=O) groups excluding carboxylic acids is 2. The van der Waals surface area contributed by atoms with Crippen LogP contribution in [0.25, 0.3) is 11.3 Å². The van der Waals surface area contributed by atoms with E-state index in [1.165, 1.54) is 28.2 Å². The first-order valence-electron chi connectivity index (χ1n) is 13.1. The van der Waals surface area contributed by atoms with Crippen LogP contribution in [0.15, 0.2) is 55.3 Å². The van der Waals surface area contributed by atoms with Crippen LogP contribution < -0.4 is 10.2 Å². The molecule has 0 bridgehead atoms. The Hall–Kier alpha value is -4.65. The second-order valence-electron chi connectivity index (χ2n) is 10.3. The number of nitrogens with zero attached hydrogens (tertiary/aromatic N) is 6. The van der Waals surface area contributed by atoms with Crippen LogP contribution in [0.5, 0.6) is 0 Å². The maximum Gasteiger partial charge on any atom is 0.275 e. The van der Waals surface area contributed by atoms with E-state index in [1.807, 2.05) is 12.2 Å². The van der Waals surface area contributed by atoms with E-state index in [0.717, 1.165) is 24.5 Å². The number of benzene rings is 1. The van der Waals surface area contributed by atoms with Crippen LogP contribution in [0.1, 0.15) is 46.6 Å². The van der Waals surface area contributed by atoms with Crippen molar-refractivity contribution in [1.82, 2.24) is 24.7 Å². The maximum absolute atomic E-state index is 15.4. The Morgan fingerprint density at radius 1 is 1.09 bits per heavy atom. The molecule has 0 saturated carbocycles. The molecule has 3 atom stereocenters. The van der Waals surface area contributed by atoms with Gasteiger partial charge in [0, 0.05) is 41.5 Å². The molecule has 1 fully saturated rings. The summed E-state index contributed by atoms with van der Waals surface area (Å²) in [5.74, 6) is -2.78. The predicted octanol–water partition coefficient (Wildman–Crippen LogP) is 5.92. The van der Waals surface area contributed by atoms with Crippen molar-refractivity contribution >= 4 is 34.9 Å². The van der Waals surface area contributed by atoms with Crippen LogP contribution in [0, 0.1) is 30.4 Å². The molecule has 1 aliphatic heterocycles. The molecule has 2 amide bonds. The van der Waals surface area contributed by atoms with Gasteiger partial charge in [-0.2, -0.15) is 5.10 Å². The number of amides is 2. The lowest BCUT2D eigenvalue weighted by Crippen LogP contribution is -2.29. The number of fused-ring (bicyclic) bond motifs is 1. The van der Waals surface area contributed by atoms with Crippen LogP contribution >= 0.6 is 11.6 Å². The van der Waals surface area contributed by atoms with Gasteiger partial charge in [0.2, 0.25) is 5.91 Å². The molecule has 1 aromatic carbocycles. The number of hydrogen-bond donors (Lipinski definition) is 1. The van der Waals surface area contributed by atoms with Gasteiger partial charge in [-0.15, -0.1) is 0 Å². The standard InChI is InChI=1S/C29H22ClF4N7O2/c1-13-19(8-36-27(24(13)31)40-11-15-3-4-17(15)29(40)43)14(2)41-12-16(7-37-41)38-28(42)22-10-35-9-21(39-22)23-18(26(33)34)5-6-20(30)25(23)32/h3-10,12,14-15,17,26H,11H2,1-2H3,(H,38,42)/t14-,15-,17-/m1/s1. The van der Waals surface area contributed by atoms with Crippen molar-refractivity contribution < 1.29 is 27.2 Å². The summed E-state index contributed by atoms with van der Waals surface area (Å²) < 4.78 is 58.7. The van der Waals surface area contributed by atoms with Gasteiger partial charge < -0.3 is 5.32 Å². The van der Waals surface area contributed by atoms with E-state index in [-0.39, 0.29) is 45.7 Å². The van der Waals surface area contributed by atoms with Gasteiger partial charge in [-0.1, -0.05) is 29.8 Å². The molecule has 4 heterocycles. The van der Waals surface area contributed by atoms with Gasteiger partial charge in [-0.05, 0) is 25.5 Å². The van der Waals surface area contributed by atoms with Crippen molar-refractivity contribution in [3.8, 4) is 11.3 Å². The van der Waals surface area contributed by atoms with E-state index in [4.69, 9.17) is 11.6 Å². The van der Waals surface area contributed by atoms with Crippen molar-refractivity contribution in [2.45, 2.75) is 26.3 Å². The molecule has 3 aromatic heterocycles. The Balaban J connectivity index is 1.20. The van der Waals surface area contributed by atoms with Crippen LogP contribution in [0.2, 0.25) is 5.02 Å². The molecule has 9 nitrogen and oxygen atoms in total. The molecule has 2 aliphatic rings. The molecule has 0 spiro atoms. The minimum atomic E-state index is -3.02. The van der Waals surface area contributed by atoms with E-state index in [2.05, 4.69) is 25.4 Å². The summed E-state index contributed by atoms with van der Waals surface area (Å²) >= 11 is 5.80. The first-order valence-corrected chi connectivity index (χ1v) is 13.5. The highest BCUT2D eigenvalue weighted by atomic mass is 35.5. The van der Waals surface area contributed by atoms with Crippen molar-refractivity contribution in [3.05, 3.63) is 94.3 Å². The molecular formula is C29H22ClF4N7O2. The van der Waals surface area contributed by atoms with Crippen molar-refractivity contribution in [2.24, 2.45) is 11.8 Å².